The molecule has 2 aromatic heterocycles. The Morgan fingerprint density at radius 2 is 1.96 bits per heavy atom. The molecule has 1 atom stereocenters. The number of nitrogens with one attached hydrogen (secondary N) is 1. The van der Waals surface area contributed by atoms with Gasteiger partial charge in [0.05, 0.1) is 18.8 Å². The zero-order valence-corrected chi connectivity index (χ0v) is 17.7. The molecule has 10 heteroatoms. The first kappa shape index (κ1) is 21.0. The van der Waals surface area contributed by atoms with Gasteiger partial charge in [0, 0.05) is 33.2 Å². The first-order chi connectivity index (χ1) is 13.3. The van der Waals surface area contributed by atoms with Gasteiger partial charge in [0.2, 0.25) is 10.0 Å². The van der Waals surface area contributed by atoms with Gasteiger partial charge in [0.25, 0.3) is 0 Å². The van der Waals surface area contributed by atoms with Gasteiger partial charge in [-0.3, -0.25) is 4.90 Å². The Hall–Kier alpha value is -1.75. The van der Waals surface area contributed by atoms with Crippen LogP contribution in [0.4, 0.5) is 0 Å². The molecule has 0 saturated heterocycles. The maximum atomic E-state index is 11.8. The van der Waals surface area contributed by atoms with Crippen molar-refractivity contribution in [3.05, 3.63) is 35.3 Å². The Balaban J connectivity index is 1.71. The predicted octanol–water partition coefficient (Wildman–Crippen LogP) is 1.32. The van der Waals surface area contributed by atoms with Crippen molar-refractivity contribution in [2.45, 2.75) is 46.0 Å². The van der Waals surface area contributed by atoms with E-state index < -0.39 is 16.1 Å². The molecule has 0 spiro atoms. The molecule has 0 radical (unpaired) electrons. The molecular formula is C18H29N5O4S. The monoisotopic (exact) mass is 411 g/mol. The molecule has 1 aliphatic heterocycles. The summed E-state index contributed by atoms with van der Waals surface area (Å²) in [6.45, 7) is 7.48. The minimum atomic E-state index is -3.35. The van der Waals surface area contributed by atoms with Gasteiger partial charge < -0.3 is 13.7 Å². The van der Waals surface area contributed by atoms with Crippen LogP contribution in [-0.2, 0) is 40.9 Å². The van der Waals surface area contributed by atoms with Crippen LogP contribution in [0, 0.1) is 5.92 Å². The number of rotatable bonds is 8. The van der Waals surface area contributed by atoms with Crippen LogP contribution in [0.3, 0.4) is 0 Å². The Bertz CT molecular complexity index is 890. The Morgan fingerprint density at radius 1 is 1.21 bits per heavy atom. The second kappa shape index (κ2) is 8.73. The summed E-state index contributed by atoms with van der Waals surface area (Å²) in [6.07, 6.45) is 1.92. The standard InChI is InChI=1S/C18H29N5O4S/c1-13(2)17(21-28(4,24)25)18-20-19-16-7-8-22(9-10-23(16)18)11-14-5-6-15(27-14)12-26-3/h5-6,13,17,21H,7-12H2,1-4H3. The van der Waals surface area contributed by atoms with E-state index >= 15 is 0 Å². The van der Waals surface area contributed by atoms with Crippen LogP contribution in [0.1, 0.15) is 43.1 Å². The number of furan rings is 1. The molecule has 0 fully saturated rings. The van der Waals surface area contributed by atoms with Crippen molar-refractivity contribution in [1.82, 2.24) is 24.4 Å². The topological polar surface area (TPSA) is 102 Å². The number of fused-ring (bicyclic) bond motifs is 1. The van der Waals surface area contributed by atoms with Crippen molar-refractivity contribution in [3.8, 4) is 0 Å². The number of sulfonamides is 1. The molecule has 0 aromatic carbocycles. The maximum Gasteiger partial charge on any atom is 0.209 e. The third-order valence-electron chi connectivity index (χ3n) is 4.82. The molecule has 0 aliphatic carbocycles. The van der Waals surface area contributed by atoms with Crippen LogP contribution < -0.4 is 4.72 Å². The van der Waals surface area contributed by atoms with Crippen molar-refractivity contribution in [2.24, 2.45) is 5.92 Å². The van der Waals surface area contributed by atoms with Gasteiger partial charge in [-0.1, -0.05) is 13.8 Å². The third-order valence-corrected chi connectivity index (χ3v) is 5.50. The second-order valence-corrected chi connectivity index (χ2v) is 9.34. The van der Waals surface area contributed by atoms with Crippen LogP contribution in [0.2, 0.25) is 0 Å². The summed E-state index contributed by atoms with van der Waals surface area (Å²) in [4.78, 5) is 2.31. The van der Waals surface area contributed by atoms with Crippen LogP contribution in [0.25, 0.3) is 0 Å². The molecule has 156 valence electrons. The normalized spacial score (nSPS) is 16.9. The predicted molar refractivity (Wildman–Crippen MR) is 104 cm³/mol. The van der Waals surface area contributed by atoms with E-state index in [1.807, 2.05) is 26.0 Å². The molecular weight excluding hydrogens is 382 g/mol. The number of methoxy groups -OCH3 is 1. The number of hydrogen-bond donors (Lipinski definition) is 1. The molecule has 9 nitrogen and oxygen atoms in total. The van der Waals surface area contributed by atoms with Gasteiger partial charge in [-0.05, 0) is 18.1 Å². The Morgan fingerprint density at radius 3 is 2.64 bits per heavy atom. The van der Waals surface area contributed by atoms with E-state index in [0.717, 1.165) is 36.9 Å². The van der Waals surface area contributed by atoms with E-state index in [0.29, 0.717) is 25.5 Å². The molecule has 1 unspecified atom stereocenters. The first-order valence-corrected chi connectivity index (χ1v) is 11.3. The van der Waals surface area contributed by atoms with Crippen LogP contribution in [-0.4, -0.2) is 54.5 Å². The molecule has 0 saturated carbocycles. The lowest BCUT2D eigenvalue weighted by atomic mass is 10.1. The van der Waals surface area contributed by atoms with Crippen LogP contribution in [0.5, 0.6) is 0 Å². The SMILES string of the molecule is COCc1ccc(CN2CCc3nnc(C(NS(C)(=O)=O)C(C)C)n3CC2)o1. The summed E-state index contributed by atoms with van der Waals surface area (Å²) in [6, 6.07) is 3.52. The number of ether oxygens (including phenoxy) is 1. The van der Waals surface area contributed by atoms with Crippen molar-refractivity contribution in [3.63, 3.8) is 0 Å². The summed E-state index contributed by atoms with van der Waals surface area (Å²) >= 11 is 0. The molecule has 2 aromatic rings. The van der Waals surface area contributed by atoms with E-state index in [-0.39, 0.29) is 5.92 Å². The smallest absolute Gasteiger partial charge is 0.209 e. The van der Waals surface area contributed by atoms with E-state index in [9.17, 15) is 8.42 Å². The summed E-state index contributed by atoms with van der Waals surface area (Å²) in [5, 5.41) is 8.64. The highest BCUT2D eigenvalue weighted by Gasteiger charge is 2.28. The van der Waals surface area contributed by atoms with Crippen molar-refractivity contribution >= 4 is 10.0 Å². The van der Waals surface area contributed by atoms with E-state index in [4.69, 9.17) is 9.15 Å². The average molecular weight is 412 g/mol. The minimum Gasteiger partial charge on any atom is -0.462 e. The number of nitrogens with zero attached hydrogens (tertiary/aromatic N) is 4. The molecule has 0 amide bonds. The highest BCUT2D eigenvalue weighted by Crippen LogP contribution is 2.23. The molecule has 3 rings (SSSR count). The zero-order valence-electron chi connectivity index (χ0n) is 16.9. The molecule has 0 bridgehead atoms. The van der Waals surface area contributed by atoms with E-state index in [1.54, 1.807) is 7.11 Å². The van der Waals surface area contributed by atoms with Gasteiger partial charge in [0.1, 0.15) is 24.0 Å². The van der Waals surface area contributed by atoms with Gasteiger partial charge in [-0.15, -0.1) is 10.2 Å². The van der Waals surface area contributed by atoms with Crippen molar-refractivity contribution < 1.29 is 17.6 Å². The maximum absolute atomic E-state index is 11.8. The third kappa shape index (κ3) is 5.19. The van der Waals surface area contributed by atoms with Crippen LogP contribution >= 0.6 is 0 Å². The summed E-state index contributed by atoms with van der Waals surface area (Å²) in [5.41, 5.74) is 0. The summed E-state index contributed by atoms with van der Waals surface area (Å²) in [7, 11) is -1.70. The molecule has 1 aliphatic rings. The second-order valence-electron chi connectivity index (χ2n) is 7.56. The van der Waals surface area contributed by atoms with E-state index in [2.05, 4.69) is 24.4 Å². The highest BCUT2D eigenvalue weighted by atomic mass is 32.2. The summed E-state index contributed by atoms with van der Waals surface area (Å²) in [5.74, 6) is 3.35. The molecule has 1 N–H and O–H groups in total. The Labute approximate surface area is 166 Å². The van der Waals surface area contributed by atoms with Crippen LogP contribution in [0.15, 0.2) is 16.5 Å². The fraction of sp³-hybridized carbons (Fsp3) is 0.667. The average Bonchev–Trinajstić information content (AvgIpc) is 3.16. The largest absolute Gasteiger partial charge is 0.462 e. The first-order valence-electron chi connectivity index (χ1n) is 9.45. The fourth-order valence-electron chi connectivity index (χ4n) is 3.44. The summed E-state index contributed by atoms with van der Waals surface area (Å²) < 4.78 is 39.2. The lowest BCUT2D eigenvalue weighted by Gasteiger charge is -2.22. The van der Waals surface area contributed by atoms with Crippen molar-refractivity contribution in [1.29, 1.82) is 0 Å². The van der Waals surface area contributed by atoms with Gasteiger partial charge >= 0.3 is 0 Å². The Kier molecular flexibility index (Phi) is 6.54. The van der Waals surface area contributed by atoms with Gasteiger partial charge in [0.15, 0.2) is 5.82 Å². The van der Waals surface area contributed by atoms with Crippen molar-refractivity contribution in [2.75, 3.05) is 26.5 Å². The number of aromatic nitrogens is 3. The quantitative estimate of drug-likeness (QED) is 0.699. The highest BCUT2D eigenvalue weighted by molar-refractivity contribution is 7.88. The van der Waals surface area contributed by atoms with Gasteiger partial charge in [-0.25, -0.2) is 13.1 Å². The zero-order chi connectivity index (χ0) is 20.3. The fourth-order valence-corrected chi connectivity index (χ4v) is 4.28. The minimum absolute atomic E-state index is 0.0599. The molecule has 28 heavy (non-hydrogen) atoms. The molecule has 3 heterocycles. The lowest BCUT2D eigenvalue weighted by Crippen LogP contribution is -2.33. The number of hydrogen-bond acceptors (Lipinski definition) is 7. The lowest BCUT2D eigenvalue weighted by molar-refractivity contribution is 0.159. The van der Waals surface area contributed by atoms with E-state index in [1.165, 1.54) is 6.26 Å². The van der Waals surface area contributed by atoms with Gasteiger partial charge in [-0.2, -0.15) is 0 Å².